The molecule has 0 heterocycles. The molecule has 0 aromatic heterocycles. The van der Waals surface area contributed by atoms with Gasteiger partial charge in [0.15, 0.2) is 5.81 Å². The van der Waals surface area contributed by atoms with E-state index in [2.05, 4.69) is 23.9 Å². The van der Waals surface area contributed by atoms with Crippen LogP contribution in [0.2, 0.25) is 0 Å². The normalized spacial score (nSPS) is 9.10. The lowest BCUT2D eigenvalue weighted by molar-refractivity contribution is 0.0343. The maximum absolute atomic E-state index is 10.5. The number of nitrogens with one attached hydrogen (secondary N) is 1. The Morgan fingerprint density at radius 2 is 2.20 bits per heavy atom. The van der Waals surface area contributed by atoms with Crippen molar-refractivity contribution < 1.29 is 14.3 Å². The molecule has 1 aromatic rings. The van der Waals surface area contributed by atoms with Gasteiger partial charge in [0.05, 0.1) is 6.61 Å². The molecule has 1 N–H and O–H groups in total. The summed E-state index contributed by atoms with van der Waals surface area (Å²) in [5.41, 5.74) is 2.80. The van der Waals surface area contributed by atoms with Gasteiger partial charge in [-0.05, 0) is 49.6 Å². The van der Waals surface area contributed by atoms with Crippen LogP contribution >= 0.6 is 0 Å². The Balaban J connectivity index is 2.72. The summed E-state index contributed by atoms with van der Waals surface area (Å²) in [4.78, 5) is 10.5. The highest BCUT2D eigenvalue weighted by atomic mass is 16.7. The number of carbonyl (C=O) groups excluding carboxylic acids is 1. The van der Waals surface area contributed by atoms with Crippen LogP contribution in [-0.4, -0.2) is 20.3 Å². The van der Waals surface area contributed by atoms with Crippen molar-refractivity contribution in [3.05, 3.63) is 47.4 Å². The second kappa shape index (κ2) is 7.95. The summed E-state index contributed by atoms with van der Waals surface area (Å²) in [5.74, 6) is 2.40. The number of rotatable bonds is 5. The Morgan fingerprint density at radius 1 is 1.45 bits per heavy atom. The number of aryl methyl sites for hydroxylation is 1. The van der Waals surface area contributed by atoms with Gasteiger partial charge in [-0.25, -0.2) is 0 Å². The minimum Gasteiger partial charge on any atom is -0.466 e. The third-order valence-electron chi connectivity index (χ3n) is 2.44. The van der Waals surface area contributed by atoms with Crippen molar-refractivity contribution in [1.82, 2.24) is 5.32 Å². The average molecular weight is 269 g/mol. The quantitative estimate of drug-likeness (QED) is 0.386. The van der Waals surface area contributed by atoms with E-state index < -0.39 is 5.81 Å². The Bertz CT molecular complexity index is 558. The molecule has 0 aliphatic rings. The standard InChI is InChI=1S/C15H16BNO3/c1-4-19-12(3)20-10-14-9-13(6-5-11(14)2)7-8-17-15(16)18/h5-6,9H,3-4,10H2,1-2H3,(H,17,18). The highest BCUT2D eigenvalue weighted by molar-refractivity contribution is 6.57. The second-order valence-corrected chi connectivity index (χ2v) is 3.97. The molecule has 0 fully saturated rings. The van der Waals surface area contributed by atoms with Gasteiger partial charge in [0.2, 0.25) is 7.85 Å². The van der Waals surface area contributed by atoms with E-state index in [4.69, 9.17) is 17.3 Å². The smallest absolute Gasteiger partial charge is 0.271 e. The van der Waals surface area contributed by atoms with E-state index in [9.17, 15) is 4.79 Å². The van der Waals surface area contributed by atoms with Gasteiger partial charge in [-0.1, -0.05) is 6.07 Å². The van der Waals surface area contributed by atoms with Crippen molar-refractivity contribution in [2.75, 3.05) is 6.61 Å². The lowest BCUT2D eigenvalue weighted by atomic mass is 10.1. The van der Waals surface area contributed by atoms with Crippen LogP contribution in [0, 0.1) is 18.9 Å². The molecular weight excluding hydrogens is 253 g/mol. The molecule has 0 atom stereocenters. The SMILES string of the molecule is [B]C(=O)NC#Cc1ccc(C)c(COC(=C)OCC)c1. The van der Waals surface area contributed by atoms with Crippen LogP contribution in [0.25, 0.3) is 0 Å². The minimum atomic E-state index is -0.679. The van der Waals surface area contributed by atoms with Gasteiger partial charge in [-0.2, -0.15) is 0 Å². The van der Waals surface area contributed by atoms with E-state index in [1.165, 1.54) is 0 Å². The average Bonchev–Trinajstić information content (AvgIpc) is 2.39. The molecule has 2 radical (unpaired) electrons. The molecule has 4 nitrogen and oxygen atoms in total. The largest absolute Gasteiger partial charge is 0.466 e. The fourth-order valence-corrected chi connectivity index (χ4v) is 1.43. The third kappa shape index (κ3) is 5.53. The molecule has 1 amide bonds. The molecule has 20 heavy (non-hydrogen) atoms. The Morgan fingerprint density at radius 3 is 2.85 bits per heavy atom. The van der Waals surface area contributed by atoms with E-state index in [0.717, 1.165) is 16.7 Å². The van der Waals surface area contributed by atoms with Crippen molar-refractivity contribution in [2.45, 2.75) is 20.5 Å². The summed E-state index contributed by atoms with van der Waals surface area (Å²) in [6, 6.07) is 8.13. The predicted molar refractivity (Wildman–Crippen MR) is 77.9 cm³/mol. The van der Waals surface area contributed by atoms with Crippen LogP contribution in [0.5, 0.6) is 0 Å². The van der Waals surface area contributed by atoms with Gasteiger partial charge in [-0.3, -0.25) is 10.1 Å². The van der Waals surface area contributed by atoms with Gasteiger partial charge in [0.1, 0.15) is 6.61 Å². The zero-order valence-corrected chi connectivity index (χ0v) is 11.7. The number of ether oxygens (including phenoxy) is 2. The third-order valence-corrected chi connectivity index (χ3v) is 2.44. The molecule has 0 aliphatic carbocycles. The lowest BCUT2D eigenvalue weighted by Gasteiger charge is -2.11. The van der Waals surface area contributed by atoms with Crippen molar-refractivity contribution in [3.8, 4) is 12.0 Å². The predicted octanol–water partition coefficient (Wildman–Crippen LogP) is 2.21. The molecular formula is C15H16BNO3. The Kier molecular flexibility index (Phi) is 6.25. The fraction of sp³-hybridized carbons (Fsp3) is 0.267. The number of amides is 1. The molecule has 5 heteroatoms. The molecule has 0 saturated heterocycles. The number of hydrogen-bond donors (Lipinski definition) is 1. The summed E-state index contributed by atoms with van der Waals surface area (Å²) >= 11 is 0. The van der Waals surface area contributed by atoms with Crippen LogP contribution in [0.4, 0.5) is 4.79 Å². The van der Waals surface area contributed by atoms with E-state index in [1.54, 1.807) is 0 Å². The maximum atomic E-state index is 10.5. The first-order valence-electron chi connectivity index (χ1n) is 6.13. The fourth-order valence-electron chi connectivity index (χ4n) is 1.43. The highest BCUT2D eigenvalue weighted by Gasteiger charge is 2.02. The minimum absolute atomic E-state index is 0.291. The van der Waals surface area contributed by atoms with Crippen molar-refractivity contribution in [2.24, 2.45) is 0 Å². The van der Waals surface area contributed by atoms with E-state index in [-0.39, 0.29) is 0 Å². The van der Waals surface area contributed by atoms with Gasteiger partial charge >= 0.3 is 0 Å². The van der Waals surface area contributed by atoms with E-state index >= 15 is 0 Å². The van der Waals surface area contributed by atoms with Crippen LogP contribution in [0.1, 0.15) is 23.6 Å². The van der Waals surface area contributed by atoms with Gasteiger partial charge in [0, 0.05) is 11.6 Å². The Hall–Kier alpha value is -2.35. The molecule has 102 valence electrons. The van der Waals surface area contributed by atoms with E-state index in [0.29, 0.717) is 19.2 Å². The molecule has 1 aromatic carbocycles. The first-order chi connectivity index (χ1) is 9.52. The highest BCUT2D eigenvalue weighted by Crippen LogP contribution is 2.13. The van der Waals surface area contributed by atoms with Gasteiger partial charge < -0.3 is 9.47 Å². The summed E-state index contributed by atoms with van der Waals surface area (Å²) in [6.45, 7) is 8.35. The molecule has 0 saturated carbocycles. The summed E-state index contributed by atoms with van der Waals surface area (Å²) < 4.78 is 10.5. The Labute approximate surface area is 120 Å². The number of carbonyl (C=O) groups is 1. The lowest BCUT2D eigenvalue weighted by Crippen LogP contribution is -2.14. The number of benzene rings is 1. The second-order valence-electron chi connectivity index (χ2n) is 3.97. The molecule has 0 unspecified atom stereocenters. The van der Waals surface area contributed by atoms with Gasteiger partial charge in [0.25, 0.3) is 5.95 Å². The topological polar surface area (TPSA) is 47.6 Å². The monoisotopic (exact) mass is 269 g/mol. The van der Waals surface area contributed by atoms with Crippen molar-refractivity contribution >= 4 is 13.7 Å². The van der Waals surface area contributed by atoms with Crippen LogP contribution in [-0.2, 0) is 16.1 Å². The van der Waals surface area contributed by atoms with Crippen molar-refractivity contribution in [1.29, 1.82) is 0 Å². The molecule has 1 rings (SSSR count). The zero-order valence-electron chi connectivity index (χ0n) is 11.7. The van der Waals surface area contributed by atoms with E-state index in [1.807, 2.05) is 32.0 Å². The zero-order chi connectivity index (χ0) is 15.0. The van der Waals surface area contributed by atoms with Crippen molar-refractivity contribution in [3.63, 3.8) is 0 Å². The van der Waals surface area contributed by atoms with Crippen LogP contribution in [0.3, 0.4) is 0 Å². The van der Waals surface area contributed by atoms with Crippen LogP contribution in [0.15, 0.2) is 30.7 Å². The molecule has 0 aliphatic heterocycles. The number of hydrogen-bond acceptors (Lipinski definition) is 3. The summed E-state index contributed by atoms with van der Waals surface area (Å²) in [6.07, 6.45) is 0. The first-order valence-corrected chi connectivity index (χ1v) is 6.13. The molecule has 0 spiro atoms. The maximum Gasteiger partial charge on any atom is 0.271 e. The molecule has 0 bridgehead atoms. The first kappa shape index (κ1) is 15.7. The van der Waals surface area contributed by atoms with Crippen LogP contribution < -0.4 is 5.32 Å². The summed E-state index contributed by atoms with van der Waals surface area (Å²) in [5, 5.41) is 2.21. The van der Waals surface area contributed by atoms with Gasteiger partial charge in [-0.15, -0.1) is 0 Å². The summed E-state index contributed by atoms with van der Waals surface area (Å²) in [7, 11) is 4.92.